The van der Waals surface area contributed by atoms with Crippen LogP contribution in [0.4, 0.5) is 11.4 Å². The molecule has 0 radical (unpaired) electrons. The zero-order valence-electron chi connectivity index (χ0n) is 11.5. The first-order chi connectivity index (χ1) is 9.24. The highest BCUT2D eigenvalue weighted by atomic mass is 15.4. The number of nitrogens with zero attached hydrogens (tertiary/aromatic N) is 2. The number of anilines is 2. The van der Waals surface area contributed by atoms with Crippen LogP contribution in [0.25, 0.3) is 0 Å². The van der Waals surface area contributed by atoms with Gasteiger partial charge in [0.05, 0.1) is 6.67 Å². The molecule has 0 amide bonds. The van der Waals surface area contributed by atoms with Gasteiger partial charge in [0.25, 0.3) is 0 Å². The van der Waals surface area contributed by atoms with Crippen LogP contribution in [0.3, 0.4) is 0 Å². The first-order valence-electron chi connectivity index (χ1n) is 6.91. The van der Waals surface area contributed by atoms with E-state index in [9.17, 15) is 0 Å². The predicted octanol–water partition coefficient (Wildman–Crippen LogP) is 3.60. The van der Waals surface area contributed by atoms with Gasteiger partial charge in [0.2, 0.25) is 0 Å². The molecule has 2 aromatic carbocycles. The van der Waals surface area contributed by atoms with Crippen LogP contribution in [0.15, 0.2) is 36.4 Å². The molecule has 0 aliphatic carbocycles. The normalized spacial score (nSPS) is 16.1. The summed E-state index contributed by atoms with van der Waals surface area (Å²) in [7, 11) is 0. The van der Waals surface area contributed by atoms with Crippen LogP contribution in [0.1, 0.15) is 22.3 Å². The van der Waals surface area contributed by atoms with Crippen LogP contribution in [0.5, 0.6) is 0 Å². The highest BCUT2D eigenvalue weighted by Crippen LogP contribution is 2.39. The minimum atomic E-state index is 1.02. The average molecular weight is 250 g/mol. The molecule has 2 nitrogen and oxygen atoms in total. The number of aryl methyl sites for hydroxylation is 2. The number of hydrogen-bond donors (Lipinski definition) is 0. The van der Waals surface area contributed by atoms with E-state index in [0.29, 0.717) is 0 Å². The maximum Gasteiger partial charge on any atom is 0.0910 e. The minimum absolute atomic E-state index is 1.02. The standard InChI is InChI=1S/C17H18N2/c1-12-5-3-7-16-14(12)9-18-11-19(16)10-15-13(2)6-4-8-17(15)18/h3-8H,9-11H2,1-2H3. The van der Waals surface area contributed by atoms with Crippen LogP contribution in [0.2, 0.25) is 0 Å². The summed E-state index contributed by atoms with van der Waals surface area (Å²) in [5, 5.41) is 0. The van der Waals surface area contributed by atoms with Crippen molar-refractivity contribution >= 4 is 11.4 Å². The third-order valence-corrected chi connectivity index (χ3v) is 4.49. The summed E-state index contributed by atoms with van der Waals surface area (Å²) in [5.74, 6) is 0. The van der Waals surface area contributed by atoms with Crippen LogP contribution in [0, 0.1) is 13.8 Å². The van der Waals surface area contributed by atoms with Crippen LogP contribution in [-0.2, 0) is 13.1 Å². The second-order valence-electron chi connectivity index (χ2n) is 5.68. The zero-order valence-corrected chi connectivity index (χ0v) is 11.5. The topological polar surface area (TPSA) is 6.48 Å². The average Bonchev–Trinajstić information content (AvgIpc) is 2.42. The summed E-state index contributed by atoms with van der Waals surface area (Å²) >= 11 is 0. The van der Waals surface area contributed by atoms with Gasteiger partial charge in [-0.3, -0.25) is 0 Å². The molecule has 0 saturated heterocycles. The maximum atomic E-state index is 2.50. The van der Waals surface area contributed by atoms with E-state index in [-0.39, 0.29) is 0 Å². The Morgan fingerprint density at radius 1 is 0.737 bits per heavy atom. The highest BCUT2D eigenvalue weighted by Gasteiger charge is 2.30. The number of benzene rings is 2. The molecular formula is C17H18N2. The van der Waals surface area contributed by atoms with Gasteiger partial charge in [-0.25, -0.2) is 0 Å². The molecule has 0 saturated carbocycles. The van der Waals surface area contributed by atoms with Gasteiger partial charge < -0.3 is 9.80 Å². The van der Waals surface area contributed by atoms with Gasteiger partial charge in [-0.05, 0) is 48.2 Å². The molecule has 2 aromatic rings. The predicted molar refractivity (Wildman–Crippen MR) is 79.6 cm³/mol. The molecule has 0 unspecified atom stereocenters. The van der Waals surface area contributed by atoms with Crippen molar-refractivity contribution in [1.82, 2.24) is 0 Å². The smallest absolute Gasteiger partial charge is 0.0910 e. The van der Waals surface area contributed by atoms with Gasteiger partial charge >= 0.3 is 0 Å². The molecular weight excluding hydrogens is 232 g/mol. The summed E-state index contributed by atoms with van der Waals surface area (Å²) in [6.45, 7) is 7.54. The lowest BCUT2D eigenvalue weighted by molar-refractivity contribution is 0.646. The monoisotopic (exact) mass is 250 g/mol. The van der Waals surface area contributed by atoms with E-state index in [1.807, 2.05) is 0 Å². The Balaban J connectivity index is 1.89. The fourth-order valence-corrected chi connectivity index (χ4v) is 3.39. The third kappa shape index (κ3) is 1.49. The Hall–Kier alpha value is -1.96. The molecule has 0 atom stereocenters. The first-order valence-corrected chi connectivity index (χ1v) is 6.91. The van der Waals surface area contributed by atoms with E-state index >= 15 is 0 Å². The minimum Gasteiger partial charge on any atom is -0.349 e. The largest absolute Gasteiger partial charge is 0.349 e. The zero-order chi connectivity index (χ0) is 13.0. The van der Waals surface area contributed by atoms with Crippen LogP contribution < -0.4 is 9.80 Å². The molecule has 0 N–H and O–H groups in total. The lowest BCUT2D eigenvalue weighted by Gasteiger charge is -2.45. The Morgan fingerprint density at radius 3 is 1.68 bits per heavy atom. The van der Waals surface area contributed by atoms with Crippen LogP contribution >= 0.6 is 0 Å². The lowest BCUT2D eigenvalue weighted by Crippen LogP contribution is -2.46. The van der Waals surface area contributed by atoms with E-state index in [1.165, 1.54) is 33.6 Å². The van der Waals surface area contributed by atoms with Gasteiger partial charge in [0, 0.05) is 24.5 Å². The Kier molecular flexibility index (Phi) is 2.16. The van der Waals surface area contributed by atoms with Gasteiger partial charge in [-0.2, -0.15) is 0 Å². The highest BCUT2D eigenvalue weighted by molar-refractivity contribution is 5.69. The Morgan fingerprint density at radius 2 is 1.21 bits per heavy atom. The Labute approximate surface area is 114 Å². The lowest BCUT2D eigenvalue weighted by atomic mass is 9.96. The summed E-state index contributed by atoms with van der Waals surface area (Å²) in [5.41, 5.74) is 8.63. The van der Waals surface area contributed by atoms with E-state index in [1.54, 1.807) is 0 Å². The molecule has 2 aliphatic heterocycles. The van der Waals surface area contributed by atoms with Crippen molar-refractivity contribution in [2.45, 2.75) is 26.9 Å². The molecule has 0 fully saturated rings. The van der Waals surface area contributed by atoms with E-state index in [2.05, 4.69) is 60.0 Å². The third-order valence-electron chi connectivity index (χ3n) is 4.49. The SMILES string of the molecule is Cc1cccc2c1CN1CN2Cc2c(C)cccc21. The van der Waals surface area contributed by atoms with Crippen molar-refractivity contribution in [3.05, 3.63) is 58.7 Å². The fourth-order valence-electron chi connectivity index (χ4n) is 3.39. The molecule has 19 heavy (non-hydrogen) atoms. The van der Waals surface area contributed by atoms with Crippen molar-refractivity contribution in [2.24, 2.45) is 0 Å². The molecule has 2 aliphatic rings. The summed E-state index contributed by atoms with van der Waals surface area (Å²) in [6, 6.07) is 13.3. The molecule has 4 rings (SSSR count). The van der Waals surface area contributed by atoms with Crippen LogP contribution in [-0.4, -0.2) is 6.67 Å². The first kappa shape index (κ1) is 10.9. The molecule has 2 heterocycles. The van der Waals surface area contributed by atoms with Gasteiger partial charge in [-0.15, -0.1) is 0 Å². The second-order valence-corrected chi connectivity index (χ2v) is 5.68. The van der Waals surface area contributed by atoms with E-state index in [4.69, 9.17) is 0 Å². The molecule has 0 aromatic heterocycles. The number of hydrogen-bond acceptors (Lipinski definition) is 2. The van der Waals surface area contributed by atoms with E-state index in [0.717, 1.165) is 19.8 Å². The number of fused-ring (bicyclic) bond motifs is 6. The Bertz CT molecular complexity index is 603. The van der Waals surface area contributed by atoms with Crippen molar-refractivity contribution in [1.29, 1.82) is 0 Å². The summed E-state index contributed by atoms with van der Waals surface area (Å²) < 4.78 is 0. The quantitative estimate of drug-likeness (QED) is 0.705. The van der Waals surface area contributed by atoms with Crippen molar-refractivity contribution in [3.8, 4) is 0 Å². The van der Waals surface area contributed by atoms with Crippen molar-refractivity contribution in [2.75, 3.05) is 16.5 Å². The van der Waals surface area contributed by atoms with Gasteiger partial charge in [0.1, 0.15) is 0 Å². The van der Waals surface area contributed by atoms with Crippen molar-refractivity contribution < 1.29 is 0 Å². The fraction of sp³-hybridized carbons (Fsp3) is 0.294. The molecule has 0 spiro atoms. The number of rotatable bonds is 0. The molecule has 2 heteroatoms. The van der Waals surface area contributed by atoms with Crippen molar-refractivity contribution in [3.63, 3.8) is 0 Å². The van der Waals surface area contributed by atoms with E-state index < -0.39 is 0 Å². The summed E-state index contributed by atoms with van der Waals surface area (Å²) in [4.78, 5) is 5.00. The molecule has 96 valence electrons. The van der Waals surface area contributed by atoms with Gasteiger partial charge in [0.15, 0.2) is 0 Å². The second kappa shape index (κ2) is 3.77. The maximum absolute atomic E-state index is 2.50. The molecule has 2 bridgehead atoms. The summed E-state index contributed by atoms with van der Waals surface area (Å²) in [6.07, 6.45) is 0. The van der Waals surface area contributed by atoms with Gasteiger partial charge in [-0.1, -0.05) is 24.3 Å².